The van der Waals surface area contributed by atoms with E-state index in [0.29, 0.717) is 13.0 Å². The van der Waals surface area contributed by atoms with Crippen molar-refractivity contribution in [1.29, 1.82) is 0 Å². The number of nitrogens with zero attached hydrogens (tertiary/aromatic N) is 1. The summed E-state index contributed by atoms with van der Waals surface area (Å²) in [6.07, 6.45) is 0.669. The molecule has 0 spiro atoms. The largest absolute Gasteiger partial charge is 0.491 e. The minimum atomic E-state index is -0.704. The maximum atomic E-state index is 12.8. The zero-order valence-electron chi connectivity index (χ0n) is 14.0. The Morgan fingerprint density at radius 1 is 1.39 bits per heavy atom. The summed E-state index contributed by atoms with van der Waals surface area (Å²) in [5.41, 5.74) is 1.79. The van der Waals surface area contributed by atoms with Crippen LogP contribution in [-0.2, 0) is 15.0 Å². The van der Waals surface area contributed by atoms with Gasteiger partial charge in [-0.3, -0.25) is 14.8 Å². The zero-order valence-corrected chi connectivity index (χ0v) is 14.0. The molecular formula is C17H24N2O4. The molecular weight excluding hydrogens is 296 g/mol. The smallest absolute Gasteiger partial charge is 0.265 e. The number of likely N-dealkylation sites (tertiary alicyclic amines) is 1. The molecule has 2 unspecified atom stereocenters. The highest BCUT2D eigenvalue weighted by Crippen LogP contribution is 2.37. The highest BCUT2D eigenvalue weighted by atomic mass is 16.5. The van der Waals surface area contributed by atoms with Crippen molar-refractivity contribution in [2.24, 2.45) is 0 Å². The van der Waals surface area contributed by atoms with Crippen LogP contribution in [0.15, 0.2) is 24.3 Å². The second-order valence-electron chi connectivity index (χ2n) is 6.43. The van der Waals surface area contributed by atoms with Gasteiger partial charge in [0.05, 0.1) is 11.5 Å². The SMILES string of the molecule is CC(C)Oc1cccc(C2(C)CCN(C(C)C(=O)NO)C2=O)c1. The molecule has 0 bridgehead atoms. The third-order valence-electron chi connectivity index (χ3n) is 4.39. The Morgan fingerprint density at radius 3 is 2.70 bits per heavy atom. The molecule has 2 atom stereocenters. The molecule has 1 aliphatic rings. The Kier molecular flexibility index (Phi) is 4.94. The summed E-state index contributed by atoms with van der Waals surface area (Å²) >= 11 is 0. The highest BCUT2D eigenvalue weighted by Gasteiger charge is 2.46. The predicted octanol–water partition coefficient (Wildman–Crippen LogP) is 1.86. The molecule has 1 aromatic carbocycles. The van der Waals surface area contributed by atoms with Crippen LogP contribution in [0.2, 0.25) is 0 Å². The Labute approximate surface area is 136 Å². The van der Waals surface area contributed by atoms with Crippen molar-refractivity contribution in [2.45, 2.75) is 51.7 Å². The number of hydrogen-bond acceptors (Lipinski definition) is 4. The highest BCUT2D eigenvalue weighted by molar-refractivity contribution is 5.94. The molecule has 0 aliphatic carbocycles. The monoisotopic (exact) mass is 320 g/mol. The Bertz CT molecular complexity index is 602. The standard InChI is InChI=1S/C17H24N2O4/c1-11(2)23-14-7-5-6-13(10-14)17(4)8-9-19(16(17)21)12(3)15(20)18-22/h5-7,10-12,22H,8-9H2,1-4H3,(H,18,20). The molecule has 0 radical (unpaired) electrons. The molecule has 1 aliphatic heterocycles. The minimum absolute atomic E-state index is 0.0575. The van der Waals surface area contributed by atoms with E-state index in [9.17, 15) is 9.59 Å². The second kappa shape index (κ2) is 6.58. The lowest BCUT2D eigenvalue weighted by Crippen LogP contribution is -2.47. The number of ether oxygens (including phenoxy) is 1. The fraction of sp³-hybridized carbons (Fsp3) is 0.529. The van der Waals surface area contributed by atoms with Crippen LogP contribution in [0.1, 0.15) is 39.7 Å². The summed E-state index contributed by atoms with van der Waals surface area (Å²) in [5, 5.41) is 8.77. The Hall–Kier alpha value is -2.08. The van der Waals surface area contributed by atoms with Gasteiger partial charge in [-0.2, -0.15) is 0 Å². The van der Waals surface area contributed by atoms with Crippen LogP contribution in [0, 0.1) is 0 Å². The number of nitrogens with one attached hydrogen (secondary N) is 1. The van der Waals surface area contributed by atoms with Crippen molar-refractivity contribution in [3.05, 3.63) is 29.8 Å². The van der Waals surface area contributed by atoms with Gasteiger partial charge in [0.25, 0.3) is 5.91 Å². The molecule has 2 rings (SSSR count). The first-order valence-electron chi connectivity index (χ1n) is 7.82. The summed E-state index contributed by atoms with van der Waals surface area (Å²) in [7, 11) is 0. The topological polar surface area (TPSA) is 78.9 Å². The lowest BCUT2D eigenvalue weighted by molar-refractivity contribution is -0.143. The number of benzene rings is 1. The van der Waals surface area contributed by atoms with Gasteiger partial charge in [-0.1, -0.05) is 12.1 Å². The van der Waals surface area contributed by atoms with E-state index in [-0.39, 0.29) is 12.0 Å². The third-order valence-corrected chi connectivity index (χ3v) is 4.39. The summed E-state index contributed by atoms with van der Waals surface area (Å²) in [6, 6.07) is 6.83. The molecule has 1 fully saturated rings. The summed E-state index contributed by atoms with van der Waals surface area (Å²) in [5.74, 6) is 0.0286. The van der Waals surface area contributed by atoms with Crippen molar-refractivity contribution >= 4 is 11.8 Å². The molecule has 1 heterocycles. The molecule has 6 nitrogen and oxygen atoms in total. The van der Waals surface area contributed by atoms with Gasteiger partial charge in [-0.05, 0) is 51.8 Å². The number of hydrogen-bond donors (Lipinski definition) is 2. The van der Waals surface area contributed by atoms with Crippen LogP contribution in [0.5, 0.6) is 5.75 Å². The molecule has 6 heteroatoms. The van der Waals surface area contributed by atoms with Gasteiger partial charge in [-0.25, -0.2) is 5.48 Å². The molecule has 2 N–H and O–H groups in total. The van der Waals surface area contributed by atoms with Crippen LogP contribution in [-0.4, -0.2) is 40.6 Å². The maximum Gasteiger partial charge on any atom is 0.265 e. The normalized spacial score (nSPS) is 22.3. The average Bonchev–Trinajstić information content (AvgIpc) is 2.82. The summed E-state index contributed by atoms with van der Waals surface area (Å²) in [6.45, 7) is 7.86. The van der Waals surface area contributed by atoms with E-state index in [1.165, 1.54) is 4.90 Å². The van der Waals surface area contributed by atoms with Crippen molar-refractivity contribution in [3.8, 4) is 5.75 Å². The lowest BCUT2D eigenvalue weighted by atomic mass is 9.81. The van der Waals surface area contributed by atoms with E-state index >= 15 is 0 Å². The fourth-order valence-corrected chi connectivity index (χ4v) is 2.93. The van der Waals surface area contributed by atoms with E-state index in [2.05, 4.69) is 0 Å². The van der Waals surface area contributed by atoms with Crippen LogP contribution in [0.4, 0.5) is 0 Å². The predicted molar refractivity (Wildman–Crippen MR) is 85.3 cm³/mol. The van der Waals surface area contributed by atoms with Crippen LogP contribution in [0.25, 0.3) is 0 Å². The first-order valence-corrected chi connectivity index (χ1v) is 7.82. The Balaban J connectivity index is 2.26. The lowest BCUT2D eigenvalue weighted by Gasteiger charge is -2.27. The van der Waals surface area contributed by atoms with Crippen LogP contribution in [0.3, 0.4) is 0 Å². The fourth-order valence-electron chi connectivity index (χ4n) is 2.93. The molecule has 1 saturated heterocycles. The van der Waals surface area contributed by atoms with E-state index in [1.807, 2.05) is 45.0 Å². The molecule has 23 heavy (non-hydrogen) atoms. The van der Waals surface area contributed by atoms with Gasteiger partial charge in [0, 0.05) is 6.54 Å². The van der Waals surface area contributed by atoms with Gasteiger partial charge in [0.15, 0.2) is 0 Å². The molecule has 0 saturated carbocycles. The van der Waals surface area contributed by atoms with E-state index in [4.69, 9.17) is 9.94 Å². The van der Waals surface area contributed by atoms with E-state index in [1.54, 1.807) is 12.4 Å². The van der Waals surface area contributed by atoms with Gasteiger partial charge in [-0.15, -0.1) is 0 Å². The summed E-state index contributed by atoms with van der Waals surface area (Å²) in [4.78, 5) is 25.9. The minimum Gasteiger partial charge on any atom is -0.491 e. The van der Waals surface area contributed by atoms with E-state index < -0.39 is 17.4 Å². The number of carbonyl (C=O) groups excluding carboxylic acids is 2. The second-order valence-corrected chi connectivity index (χ2v) is 6.43. The van der Waals surface area contributed by atoms with Crippen molar-refractivity contribution in [3.63, 3.8) is 0 Å². The number of amides is 2. The van der Waals surface area contributed by atoms with Crippen LogP contribution >= 0.6 is 0 Å². The van der Waals surface area contributed by atoms with Crippen molar-refractivity contribution in [1.82, 2.24) is 10.4 Å². The maximum absolute atomic E-state index is 12.8. The molecule has 2 amide bonds. The molecule has 1 aromatic rings. The van der Waals surface area contributed by atoms with Crippen molar-refractivity contribution < 1.29 is 19.5 Å². The van der Waals surface area contributed by atoms with E-state index in [0.717, 1.165) is 11.3 Å². The van der Waals surface area contributed by atoms with Gasteiger partial charge in [0.2, 0.25) is 5.91 Å². The third kappa shape index (κ3) is 3.32. The van der Waals surface area contributed by atoms with Gasteiger partial charge >= 0.3 is 0 Å². The van der Waals surface area contributed by atoms with Crippen LogP contribution < -0.4 is 10.2 Å². The first-order chi connectivity index (χ1) is 10.8. The molecule has 0 aromatic heterocycles. The van der Waals surface area contributed by atoms with Crippen molar-refractivity contribution in [2.75, 3.05) is 6.54 Å². The zero-order chi connectivity index (χ0) is 17.2. The van der Waals surface area contributed by atoms with Gasteiger partial charge < -0.3 is 9.64 Å². The average molecular weight is 320 g/mol. The first kappa shape index (κ1) is 17.3. The summed E-state index contributed by atoms with van der Waals surface area (Å²) < 4.78 is 5.70. The number of rotatable bonds is 5. The number of carbonyl (C=O) groups is 2. The quantitative estimate of drug-likeness (QED) is 0.641. The molecule has 126 valence electrons. The van der Waals surface area contributed by atoms with Gasteiger partial charge in [0.1, 0.15) is 11.8 Å². The number of hydroxylamine groups is 1. The Morgan fingerprint density at radius 2 is 2.09 bits per heavy atom.